The number of aromatic nitrogens is 2. The Labute approximate surface area is 162 Å². The Morgan fingerprint density at radius 3 is 2.44 bits per heavy atom. The lowest BCUT2D eigenvalue weighted by molar-refractivity contribution is -0.123. The van der Waals surface area contributed by atoms with Gasteiger partial charge in [-0.25, -0.2) is 9.07 Å². The van der Waals surface area contributed by atoms with Gasteiger partial charge in [-0.1, -0.05) is 15.9 Å². The maximum atomic E-state index is 13.0. The number of benzene rings is 2. The van der Waals surface area contributed by atoms with Crippen LogP contribution in [0.15, 0.2) is 65.3 Å². The van der Waals surface area contributed by atoms with Gasteiger partial charge in [0, 0.05) is 10.7 Å². The fraction of sp³-hybridized carbons (Fsp3) is 0.0556. The van der Waals surface area contributed by atoms with Crippen LogP contribution in [0.25, 0.3) is 5.69 Å². The van der Waals surface area contributed by atoms with Gasteiger partial charge in [-0.15, -0.1) is 0 Å². The average molecular weight is 433 g/mol. The summed E-state index contributed by atoms with van der Waals surface area (Å²) in [5, 5.41) is 4.09. The summed E-state index contributed by atoms with van der Waals surface area (Å²) in [6, 6.07) is 14.1. The van der Waals surface area contributed by atoms with Crippen molar-refractivity contribution in [3.05, 3.63) is 76.8 Å². The highest BCUT2D eigenvalue weighted by molar-refractivity contribution is 9.10. The number of amides is 2. The smallest absolute Gasteiger partial charge is 0.290 e. The van der Waals surface area contributed by atoms with E-state index in [0.717, 1.165) is 4.47 Å². The van der Waals surface area contributed by atoms with Crippen molar-refractivity contribution in [2.45, 2.75) is 0 Å². The summed E-state index contributed by atoms with van der Waals surface area (Å²) in [5.74, 6) is -0.952. The van der Waals surface area contributed by atoms with Gasteiger partial charge in [-0.05, 0) is 54.6 Å². The van der Waals surface area contributed by atoms with Crippen LogP contribution in [0.4, 0.5) is 4.39 Å². The molecule has 0 spiro atoms. The number of hydrogen-bond acceptors (Lipinski definition) is 4. The van der Waals surface area contributed by atoms with E-state index in [2.05, 4.69) is 31.9 Å². The number of carbonyl (C=O) groups excluding carboxylic acids is 2. The molecule has 2 aromatic carbocycles. The third kappa shape index (κ3) is 5.14. The van der Waals surface area contributed by atoms with Gasteiger partial charge in [0.1, 0.15) is 11.6 Å². The number of hydrogen-bond donors (Lipinski definition) is 2. The third-order valence-corrected chi connectivity index (χ3v) is 3.94. The van der Waals surface area contributed by atoms with E-state index in [0.29, 0.717) is 11.4 Å². The summed E-state index contributed by atoms with van der Waals surface area (Å²) in [6.07, 6.45) is 1.56. The first-order chi connectivity index (χ1) is 13.0. The predicted octanol–water partition coefficient (Wildman–Crippen LogP) is 2.61. The summed E-state index contributed by atoms with van der Waals surface area (Å²) >= 11 is 3.30. The van der Waals surface area contributed by atoms with Gasteiger partial charge in [-0.2, -0.15) is 5.10 Å². The van der Waals surface area contributed by atoms with Gasteiger partial charge in [0.15, 0.2) is 12.3 Å². The highest BCUT2D eigenvalue weighted by Crippen LogP contribution is 2.15. The number of rotatable bonds is 5. The first kappa shape index (κ1) is 18.6. The van der Waals surface area contributed by atoms with Crippen molar-refractivity contribution < 1.29 is 18.7 Å². The van der Waals surface area contributed by atoms with Crippen molar-refractivity contribution in [2.75, 3.05) is 6.61 Å². The van der Waals surface area contributed by atoms with E-state index in [-0.39, 0.29) is 18.1 Å². The Hall–Kier alpha value is -3.20. The molecule has 0 radical (unpaired) electrons. The SMILES string of the molecule is O=C(COc1ccc(Br)cc1)NNC(=O)c1ccn(-c2ccc(F)cc2)n1. The molecule has 3 rings (SSSR count). The van der Waals surface area contributed by atoms with Crippen LogP contribution in [-0.4, -0.2) is 28.2 Å². The summed E-state index contributed by atoms with van der Waals surface area (Å²) in [5.41, 5.74) is 5.19. The van der Waals surface area contributed by atoms with Gasteiger partial charge in [0.05, 0.1) is 5.69 Å². The quantitative estimate of drug-likeness (QED) is 0.606. The normalized spacial score (nSPS) is 10.3. The predicted molar refractivity (Wildman–Crippen MR) is 98.8 cm³/mol. The van der Waals surface area contributed by atoms with Crippen LogP contribution in [0.2, 0.25) is 0 Å². The van der Waals surface area contributed by atoms with Crippen LogP contribution in [-0.2, 0) is 4.79 Å². The molecular formula is C18H14BrFN4O3. The standard InChI is InChI=1S/C18H14BrFN4O3/c19-12-1-7-15(8-2-12)27-11-17(25)21-22-18(26)16-9-10-24(23-16)14-5-3-13(20)4-6-14/h1-10H,11H2,(H,21,25)(H,22,26). The summed E-state index contributed by atoms with van der Waals surface area (Å²) in [4.78, 5) is 23.8. The lowest BCUT2D eigenvalue weighted by Crippen LogP contribution is -2.44. The van der Waals surface area contributed by atoms with Gasteiger partial charge in [0.2, 0.25) is 0 Å². The van der Waals surface area contributed by atoms with Crippen LogP contribution in [0.5, 0.6) is 5.75 Å². The molecule has 3 aromatic rings. The van der Waals surface area contributed by atoms with Gasteiger partial charge >= 0.3 is 0 Å². The Morgan fingerprint density at radius 2 is 1.74 bits per heavy atom. The first-order valence-corrected chi connectivity index (χ1v) is 8.60. The molecule has 0 aliphatic carbocycles. The second-order valence-electron chi connectivity index (χ2n) is 5.37. The number of hydrazine groups is 1. The Balaban J connectivity index is 1.49. The number of nitrogens with zero attached hydrogens (tertiary/aromatic N) is 2. The van der Waals surface area contributed by atoms with Gasteiger partial charge in [-0.3, -0.25) is 20.4 Å². The monoisotopic (exact) mass is 432 g/mol. The van der Waals surface area contributed by atoms with Crippen molar-refractivity contribution >= 4 is 27.7 Å². The number of nitrogens with one attached hydrogen (secondary N) is 2. The van der Waals surface area contributed by atoms with Crippen molar-refractivity contribution in [1.29, 1.82) is 0 Å². The lowest BCUT2D eigenvalue weighted by atomic mass is 10.3. The van der Waals surface area contributed by atoms with Crippen LogP contribution in [0.1, 0.15) is 10.5 Å². The molecule has 1 heterocycles. The van der Waals surface area contributed by atoms with Crippen molar-refractivity contribution in [2.24, 2.45) is 0 Å². The molecule has 0 bridgehead atoms. The third-order valence-electron chi connectivity index (χ3n) is 3.41. The van der Waals surface area contributed by atoms with Crippen molar-refractivity contribution in [3.8, 4) is 11.4 Å². The topological polar surface area (TPSA) is 85.3 Å². The van der Waals surface area contributed by atoms with Gasteiger partial charge in [0.25, 0.3) is 11.8 Å². The van der Waals surface area contributed by atoms with E-state index in [1.54, 1.807) is 30.5 Å². The second-order valence-corrected chi connectivity index (χ2v) is 6.28. The molecular weight excluding hydrogens is 419 g/mol. The lowest BCUT2D eigenvalue weighted by Gasteiger charge is -2.08. The molecule has 0 saturated carbocycles. The summed E-state index contributed by atoms with van der Waals surface area (Å²) in [7, 11) is 0. The molecule has 9 heteroatoms. The van der Waals surface area contributed by atoms with Crippen LogP contribution in [0.3, 0.4) is 0 Å². The van der Waals surface area contributed by atoms with E-state index in [9.17, 15) is 14.0 Å². The maximum Gasteiger partial charge on any atom is 0.290 e. The van der Waals surface area contributed by atoms with Crippen LogP contribution in [0, 0.1) is 5.82 Å². The maximum absolute atomic E-state index is 13.0. The summed E-state index contributed by atoms with van der Waals surface area (Å²) in [6.45, 7) is -0.258. The Morgan fingerprint density at radius 1 is 1.04 bits per heavy atom. The van der Waals surface area contributed by atoms with Gasteiger partial charge < -0.3 is 4.74 Å². The molecule has 27 heavy (non-hydrogen) atoms. The minimum atomic E-state index is -0.590. The van der Waals surface area contributed by atoms with E-state index >= 15 is 0 Å². The molecule has 0 atom stereocenters. The van der Waals surface area contributed by atoms with Crippen LogP contribution < -0.4 is 15.6 Å². The van der Waals surface area contributed by atoms with Crippen molar-refractivity contribution in [3.63, 3.8) is 0 Å². The molecule has 0 saturated heterocycles. The number of carbonyl (C=O) groups is 2. The first-order valence-electron chi connectivity index (χ1n) is 7.80. The second kappa shape index (κ2) is 8.45. The van der Waals surface area contributed by atoms with E-state index in [1.165, 1.54) is 35.0 Å². The zero-order valence-electron chi connectivity index (χ0n) is 13.9. The molecule has 2 N–H and O–H groups in total. The van der Waals surface area contributed by atoms with E-state index in [1.807, 2.05) is 0 Å². The number of halogens is 2. The minimum absolute atomic E-state index is 0.0912. The minimum Gasteiger partial charge on any atom is -0.484 e. The highest BCUT2D eigenvalue weighted by Gasteiger charge is 2.12. The molecule has 138 valence electrons. The summed E-state index contributed by atoms with van der Waals surface area (Å²) < 4.78 is 20.6. The average Bonchev–Trinajstić information content (AvgIpc) is 3.16. The highest BCUT2D eigenvalue weighted by atomic mass is 79.9. The molecule has 0 aliphatic rings. The number of ether oxygens (including phenoxy) is 1. The largest absolute Gasteiger partial charge is 0.484 e. The van der Waals surface area contributed by atoms with Crippen LogP contribution >= 0.6 is 15.9 Å². The zero-order chi connectivity index (χ0) is 19.2. The Kier molecular flexibility index (Phi) is 5.82. The Bertz CT molecular complexity index is 942. The molecule has 1 aromatic heterocycles. The fourth-order valence-corrected chi connectivity index (χ4v) is 2.35. The van der Waals surface area contributed by atoms with E-state index < -0.39 is 11.8 Å². The zero-order valence-corrected chi connectivity index (χ0v) is 15.4. The molecule has 0 unspecified atom stereocenters. The molecule has 0 aliphatic heterocycles. The molecule has 7 nitrogen and oxygen atoms in total. The van der Waals surface area contributed by atoms with Crippen molar-refractivity contribution in [1.82, 2.24) is 20.6 Å². The molecule has 2 amide bonds. The molecule has 0 fully saturated rings. The van der Waals surface area contributed by atoms with E-state index in [4.69, 9.17) is 4.74 Å². The fourth-order valence-electron chi connectivity index (χ4n) is 2.09.